The maximum absolute atomic E-state index is 12.9. The number of hydrogen-bond donors (Lipinski definition) is 1. The fraction of sp³-hybridized carbons (Fsp3) is 0.158. The second-order valence-electron chi connectivity index (χ2n) is 6.09. The van der Waals surface area contributed by atoms with Gasteiger partial charge in [0.2, 0.25) is 9.84 Å². The number of halogens is 2. The summed E-state index contributed by atoms with van der Waals surface area (Å²) in [4.78, 5) is 16.6. The third kappa shape index (κ3) is 3.66. The zero-order chi connectivity index (χ0) is 19.8. The highest BCUT2D eigenvalue weighted by Crippen LogP contribution is 2.27. The van der Waals surface area contributed by atoms with Crippen LogP contribution in [0.5, 0.6) is 0 Å². The number of nitrogens with one attached hydrogen (secondary N) is 1. The number of carbonyl (C=O) groups excluding carboxylic acids is 1. The SMILES string of the molecule is Cc1ccc2nc(C)cc(C(=O)Nc3ccccc3S(=O)(=O)C(F)F)c2c1. The largest absolute Gasteiger partial charge is 0.341 e. The van der Waals surface area contributed by atoms with E-state index in [4.69, 9.17) is 0 Å². The molecule has 3 aromatic rings. The Morgan fingerprint density at radius 1 is 1.07 bits per heavy atom. The number of anilines is 1. The molecule has 0 aliphatic rings. The number of sulfone groups is 1. The zero-order valence-electron chi connectivity index (χ0n) is 14.5. The van der Waals surface area contributed by atoms with Gasteiger partial charge in [-0.2, -0.15) is 8.78 Å². The Balaban J connectivity index is 2.08. The molecule has 0 saturated heterocycles. The van der Waals surface area contributed by atoms with Crippen LogP contribution in [0.3, 0.4) is 0 Å². The van der Waals surface area contributed by atoms with Crippen molar-refractivity contribution in [3.8, 4) is 0 Å². The average molecular weight is 390 g/mol. The Morgan fingerprint density at radius 2 is 1.78 bits per heavy atom. The van der Waals surface area contributed by atoms with Crippen molar-refractivity contribution in [2.24, 2.45) is 0 Å². The molecule has 0 fully saturated rings. The summed E-state index contributed by atoms with van der Waals surface area (Å²) < 4.78 is 49.6. The van der Waals surface area contributed by atoms with Gasteiger partial charge in [-0.3, -0.25) is 9.78 Å². The number of alkyl halides is 2. The van der Waals surface area contributed by atoms with Crippen molar-refractivity contribution in [1.29, 1.82) is 0 Å². The molecule has 3 rings (SSSR count). The van der Waals surface area contributed by atoms with E-state index in [-0.39, 0.29) is 11.3 Å². The molecule has 1 amide bonds. The first-order valence-electron chi connectivity index (χ1n) is 8.00. The average Bonchev–Trinajstić information content (AvgIpc) is 2.61. The van der Waals surface area contributed by atoms with E-state index in [1.165, 1.54) is 18.2 Å². The molecule has 5 nitrogen and oxygen atoms in total. The number of benzene rings is 2. The van der Waals surface area contributed by atoms with Gasteiger partial charge in [0.25, 0.3) is 5.91 Å². The van der Waals surface area contributed by atoms with Crippen LogP contribution in [0.2, 0.25) is 0 Å². The number of aryl methyl sites for hydroxylation is 2. The van der Waals surface area contributed by atoms with Crippen LogP contribution in [-0.2, 0) is 9.84 Å². The van der Waals surface area contributed by atoms with Gasteiger partial charge in [0.15, 0.2) is 0 Å². The lowest BCUT2D eigenvalue weighted by Crippen LogP contribution is -2.18. The Bertz CT molecular complexity index is 1140. The van der Waals surface area contributed by atoms with Crippen LogP contribution in [0.4, 0.5) is 14.5 Å². The van der Waals surface area contributed by atoms with Gasteiger partial charge in [0.1, 0.15) is 0 Å². The van der Waals surface area contributed by atoms with Gasteiger partial charge in [-0.1, -0.05) is 23.8 Å². The van der Waals surface area contributed by atoms with Crippen LogP contribution in [0.15, 0.2) is 53.4 Å². The van der Waals surface area contributed by atoms with Crippen molar-refractivity contribution in [2.45, 2.75) is 24.5 Å². The molecule has 1 N–H and O–H groups in total. The predicted octanol–water partition coefficient (Wildman–Crippen LogP) is 4.10. The van der Waals surface area contributed by atoms with Crippen LogP contribution >= 0.6 is 0 Å². The highest BCUT2D eigenvalue weighted by Gasteiger charge is 2.29. The molecular formula is C19H16F2N2O3S. The number of aromatic nitrogens is 1. The van der Waals surface area contributed by atoms with E-state index in [2.05, 4.69) is 10.3 Å². The number of amides is 1. The third-order valence-corrected chi connectivity index (χ3v) is 5.45. The van der Waals surface area contributed by atoms with Crippen LogP contribution in [0.1, 0.15) is 21.6 Å². The number of para-hydroxylation sites is 1. The second-order valence-corrected chi connectivity index (χ2v) is 7.97. The minimum atomic E-state index is -4.85. The first kappa shape index (κ1) is 18.9. The van der Waals surface area contributed by atoms with Crippen molar-refractivity contribution >= 4 is 32.3 Å². The van der Waals surface area contributed by atoms with Crippen molar-refractivity contribution < 1.29 is 22.0 Å². The summed E-state index contributed by atoms with van der Waals surface area (Å²) in [6.45, 7) is 3.59. The predicted molar refractivity (Wildman–Crippen MR) is 98.8 cm³/mol. The Labute approximate surface area is 155 Å². The van der Waals surface area contributed by atoms with Crippen molar-refractivity contribution in [2.75, 3.05) is 5.32 Å². The minimum absolute atomic E-state index is 0.196. The second kappa shape index (κ2) is 7.03. The molecule has 0 aliphatic heterocycles. The maximum Gasteiger partial charge on any atom is 0.341 e. The van der Waals surface area contributed by atoms with Crippen LogP contribution in [0, 0.1) is 13.8 Å². The number of fused-ring (bicyclic) bond motifs is 1. The van der Waals surface area contributed by atoms with Gasteiger partial charge in [0.05, 0.1) is 21.7 Å². The van der Waals surface area contributed by atoms with Gasteiger partial charge in [-0.05, 0) is 44.2 Å². The van der Waals surface area contributed by atoms with Gasteiger partial charge in [-0.25, -0.2) is 8.42 Å². The third-order valence-electron chi connectivity index (χ3n) is 4.01. The monoisotopic (exact) mass is 390 g/mol. The van der Waals surface area contributed by atoms with Crippen molar-refractivity contribution in [3.63, 3.8) is 0 Å². The molecule has 0 saturated carbocycles. The topological polar surface area (TPSA) is 76.1 Å². The standard InChI is InChI=1S/C19H16F2N2O3S/c1-11-7-8-15-13(9-11)14(10-12(2)22-15)18(24)23-16-5-3-4-6-17(16)27(25,26)19(20)21/h3-10,19H,1-2H3,(H,23,24). The van der Waals surface area contributed by atoms with Gasteiger partial charge < -0.3 is 5.32 Å². The summed E-state index contributed by atoms with van der Waals surface area (Å²) in [7, 11) is -4.85. The molecule has 0 unspecified atom stereocenters. The van der Waals surface area contributed by atoms with Gasteiger partial charge >= 0.3 is 5.76 Å². The lowest BCUT2D eigenvalue weighted by molar-refractivity contribution is 0.102. The fourth-order valence-electron chi connectivity index (χ4n) is 2.76. The van der Waals surface area contributed by atoms with Crippen molar-refractivity contribution in [1.82, 2.24) is 4.98 Å². The van der Waals surface area contributed by atoms with E-state index in [9.17, 15) is 22.0 Å². The smallest absolute Gasteiger partial charge is 0.321 e. The van der Waals surface area contributed by atoms with Crippen molar-refractivity contribution in [3.05, 3.63) is 65.4 Å². The quantitative estimate of drug-likeness (QED) is 0.728. The normalized spacial score (nSPS) is 11.7. The molecule has 0 aliphatic carbocycles. The number of hydrogen-bond acceptors (Lipinski definition) is 4. The molecule has 140 valence electrons. The molecule has 1 heterocycles. The molecule has 27 heavy (non-hydrogen) atoms. The number of carbonyl (C=O) groups is 1. The summed E-state index contributed by atoms with van der Waals surface area (Å²) in [5, 5.41) is 3.04. The zero-order valence-corrected chi connectivity index (χ0v) is 15.3. The fourth-order valence-corrected chi connectivity index (χ4v) is 3.65. The Morgan fingerprint density at radius 3 is 2.48 bits per heavy atom. The number of rotatable bonds is 4. The van der Waals surface area contributed by atoms with E-state index in [1.54, 1.807) is 25.1 Å². The summed E-state index contributed by atoms with van der Waals surface area (Å²) in [6.07, 6.45) is 0. The van der Waals surface area contributed by atoms with Crippen LogP contribution < -0.4 is 5.32 Å². The summed E-state index contributed by atoms with van der Waals surface area (Å²) in [6, 6.07) is 12.1. The van der Waals surface area contributed by atoms with Crippen LogP contribution in [-0.4, -0.2) is 25.1 Å². The van der Waals surface area contributed by atoms with E-state index in [0.717, 1.165) is 11.6 Å². The Hall–Kier alpha value is -2.87. The van der Waals surface area contributed by atoms with E-state index in [0.29, 0.717) is 16.6 Å². The first-order valence-corrected chi connectivity index (χ1v) is 9.55. The van der Waals surface area contributed by atoms with E-state index < -0.39 is 26.4 Å². The molecule has 0 spiro atoms. The first-order chi connectivity index (χ1) is 12.7. The summed E-state index contributed by atoms with van der Waals surface area (Å²) in [5.74, 6) is -4.18. The van der Waals surface area contributed by atoms with Gasteiger partial charge in [-0.15, -0.1) is 0 Å². The molecule has 2 aromatic carbocycles. The molecule has 0 bridgehead atoms. The Kier molecular flexibility index (Phi) is 4.93. The van der Waals surface area contributed by atoms with Crippen LogP contribution in [0.25, 0.3) is 10.9 Å². The minimum Gasteiger partial charge on any atom is -0.321 e. The number of pyridine rings is 1. The summed E-state index contributed by atoms with van der Waals surface area (Å²) >= 11 is 0. The highest BCUT2D eigenvalue weighted by atomic mass is 32.2. The van der Waals surface area contributed by atoms with Gasteiger partial charge in [0, 0.05) is 11.1 Å². The highest BCUT2D eigenvalue weighted by molar-refractivity contribution is 7.91. The summed E-state index contributed by atoms with van der Waals surface area (Å²) in [5.41, 5.74) is 2.22. The number of nitrogens with zero attached hydrogens (tertiary/aromatic N) is 1. The van der Waals surface area contributed by atoms with E-state index >= 15 is 0 Å². The molecule has 0 atom stereocenters. The van der Waals surface area contributed by atoms with E-state index in [1.807, 2.05) is 13.0 Å². The maximum atomic E-state index is 12.9. The molecule has 0 radical (unpaired) electrons. The molecule has 8 heteroatoms. The lowest BCUT2D eigenvalue weighted by atomic mass is 10.0. The molecular weight excluding hydrogens is 374 g/mol. The lowest BCUT2D eigenvalue weighted by Gasteiger charge is -2.13. The molecule has 1 aromatic heterocycles.